The van der Waals surface area contributed by atoms with Gasteiger partial charge in [-0.05, 0) is 17.7 Å². The Balaban J connectivity index is 2.06. The van der Waals surface area contributed by atoms with Gasteiger partial charge in [0.05, 0.1) is 6.04 Å². The van der Waals surface area contributed by atoms with Crippen LogP contribution in [0.1, 0.15) is 17.2 Å². The smallest absolute Gasteiger partial charge is 0.128 e. The Morgan fingerprint density at radius 2 is 1.72 bits per heavy atom. The largest absolute Gasteiger partial charge is 0.363 e. The van der Waals surface area contributed by atoms with Crippen molar-refractivity contribution >= 4 is 11.8 Å². The summed E-state index contributed by atoms with van der Waals surface area (Å²) in [4.78, 5) is 2.10. The lowest BCUT2D eigenvalue weighted by Crippen LogP contribution is -2.26. The van der Waals surface area contributed by atoms with E-state index in [0.29, 0.717) is 5.56 Å². The second-order valence-corrected chi connectivity index (χ2v) is 4.50. The second kappa shape index (κ2) is 4.30. The van der Waals surface area contributed by atoms with Gasteiger partial charge in [-0.3, -0.25) is 0 Å². The predicted molar refractivity (Wildman–Crippen MR) is 73.0 cm³/mol. The Kier molecular flexibility index (Phi) is 2.63. The lowest BCUT2D eigenvalue weighted by atomic mass is 9.98. The van der Waals surface area contributed by atoms with Gasteiger partial charge in [0.2, 0.25) is 0 Å². The number of benzene rings is 2. The summed E-state index contributed by atoms with van der Waals surface area (Å²) in [6.07, 6.45) is 4.10. The number of hydrogen-bond donors (Lipinski definition) is 0. The first-order valence-electron chi connectivity index (χ1n) is 6.02. The van der Waals surface area contributed by atoms with Gasteiger partial charge >= 0.3 is 0 Å². The Bertz CT molecular complexity index is 604. The van der Waals surface area contributed by atoms with E-state index in [-0.39, 0.29) is 11.9 Å². The van der Waals surface area contributed by atoms with E-state index >= 15 is 0 Å². The molecule has 2 aromatic carbocycles. The van der Waals surface area contributed by atoms with Gasteiger partial charge in [0.1, 0.15) is 5.82 Å². The van der Waals surface area contributed by atoms with Crippen LogP contribution in [-0.4, -0.2) is 7.05 Å². The first-order valence-corrected chi connectivity index (χ1v) is 6.02. The molecule has 0 bridgehead atoms. The van der Waals surface area contributed by atoms with E-state index in [0.717, 1.165) is 5.69 Å². The van der Waals surface area contributed by atoms with E-state index in [4.69, 9.17) is 0 Å². The van der Waals surface area contributed by atoms with Crippen LogP contribution >= 0.6 is 0 Å². The molecule has 0 saturated carbocycles. The van der Waals surface area contributed by atoms with E-state index in [1.54, 1.807) is 6.07 Å². The fraction of sp³-hybridized carbons (Fsp3) is 0.125. The fourth-order valence-electron chi connectivity index (χ4n) is 2.45. The molecular weight excluding hydrogens is 225 g/mol. The number of likely N-dealkylation sites (N-methyl/N-ethyl adjacent to an activating group) is 1. The van der Waals surface area contributed by atoms with Crippen molar-refractivity contribution < 1.29 is 4.39 Å². The first-order chi connectivity index (χ1) is 8.77. The third kappa shape index (κ3) is 1.70. The third-order valence-electron chi connectivity index (χ3n) is 3.42. The van der Waals surface area contributed by atoms with Gasteiger partial charge in [-0.2, -0.15) is 0 Å². The molecule has 90 valence electrons. The number of para-hydroxylation sites is 1. The van der Waals surface area contributed by atoms with Crippen LogP contribution in [0.5, 0.6) is 0 Å². The van der Waals surface area contributed by atoms with Crippen molar-refractivity contribution in [1.82, 2.24) is 0 Å². The number of halogens is 1. The molecule has 18 heavy (non-hydrogen) atoms. The highest BCUT2D eigenvalue weighted by Crippen LogP contribution is 2.35. The van der Waals surface area contributed by atoms with Gasteiger partial charge in [0, 0.05) is 18.3 Å². The van der Waals surface area contributed by atoms with Gasteiger partial charge < -0.3 is 4.90 Å². The highest BCUT2D eigenvalue weighted by Gasteiger charge is 2.22. The van der Waals surface area contributed by atoms with Gasteiger partial charge in [-0.15, -0.1) is 0 Å². The molecular formula is C16H14FN. The number of hydrogen-bond acceptors (Lipinski definition) is 1. The van der Waals surface area contributed by atoms with Crippen molar-refractivity contribution in [2.24, 2.45) is 0 Å². The Morgan fingerprint density at radius 1 is 1.00 bits per heavy atom. The van der Waals surface area contributed by atoms with Crippen LogP contribution in [0.4, 0.5) is 10.1 Å². The zero-order valence-corrected chi connectivity index (χ0v) is 10.2. The molecule has 1 aliphatic rings. The highest BCUT2D eigenvalue weighted by molar-refractivity contribution is 5.72. The van der Waals surface area contributed by atoms with E-state index in [9.17, 15) is 4.39 Å². The molecule has 2 heteroatoms. The van der Waals surface area contributed by atoms with Crippen LogP contribution in [0.25, 0.3) is 6.08 Å². The molecule has 0 amide bonds. The van der Waals surface area contributed by atoms with E-state index < -0.39 is 0 Å². The lowest BCUT2D eigenvalue weighted by molar-refractivity contribution is 0.596. The zero-order valence-electron chi connectivity index (χ0n) is 10.2. The minimum atomic E-state index is -0.154. The summed E-state index contributed by atoms with van der Waals surface area (Å²) in [5, 5.41) is 0. The summed E-state index contributed by atoms with van der Waals surface area (Å²) >= 11 is 0. The maximum atomic E-state index is 13.9. The zero-order chi connectivity index (χ0) is 12.5. The van der Waals surface area contributed by atoms with Crippen LogP contribution in [0.15, 0.2) is 54.6 Å². The van der Waals surface area contributed by atoms with Crippen molar-refractivity contribution in [3.63, 3.8) is 0 Å². The summed E-state index contributed by atoms with van der Waals surface area (Å²) in [5.41, 5.74) is 3.02. The van der Waals surface area contributed by atoms with Crippen LogP contribution < -0.4 is 4.90 Å². The van der Waals surface area contributed by atoms with Gasteiger partial charge in [-0.1, -0.05) is 48.6 Å². The van der Waals surface area contributed by atoms with Crippen molar-refractivity contribution in [1.29, 1.82) is 0 Å². The summed E-state index contributed by atoms with van der Waals surface area (Å²) in [5.74, 6) is -0.154. The molecule has 0 saturated heterocycles. The van der Waals surface area contributed by atoms with E-state index in [1.807, 2.05) is 37.4 Å². The maximum Gasteiger partial charge on any atom is 0.128 e. The topological polar surface area (TPSA) is 3.24 Å². The van der Waals surface area contributed by atoms with Crippen molar-refractivity contribution in [3.8, 4) is 0 Å². The highest BCUT2D eigenvalue weighted by atomic mass is 19.1. The summed E-state index contributed by atoms with van der Waals surface area (Å²) in [7, 11) is 2.00. The predicted octanol–water partition coefficient (Wildman–Crippen LogP) is 4.03. The molecule has 3 rings (SSSR count). The molecule has 1 aliphatic heterocycles. The third-order valence-corrected chi connectivity index (χ3v) is 3.42. The maximum absolute atomic E-state index is 13.9. The molecule has 0 aromatic heterocycles. The average molecular weight is 239 g/mol. The Labute approximate surface area is 106 Å². The van der Waals surface area contributed by atoms with Crippen molar-refractivity contribution in [2.75, 3.05) is 11.9 Å². The van der Waals surface area contributed by atoms with Crippen molar-refractivity contribution in [2.45, 2.75) is 6.04 Å². The molecule has 0 radical (unpaired) electrons. The molecule has 1 unspecified atom stereocenters. The molecule has 0 spiro atoms. The molecule has 0 N–H and O–H groups in total. The minimum Gasteiger partial charge on any atom is -0.363 e. The average Bonchev–Trinajstić information content (AvgIpc) is 2.41. The second-order valence-electron chi connectivity index (χ2n) is 4.50. The van der Waals surface area contributed by atoms with Crippen LogP contribution in [0.3, 0.4) is 0 Å². The normalized spacial score (nSPS) is 17.7. The first kappa shape index (κ1) is 11.0. The minimum absolute atomic E-state index is 0.0406. The van der Waals surface area contributed by atoms with Crippen LogP contribution in [0.2, 0.25) is 0 Å². The summed E-state index contributed by atoms with van der Waals surface area (Å²) < 4.78 is 13.9. The Morgan fingerprint density at radius 3 is 2.56 bits per heavy atom. The molecule has 0 aliphatic carbocycles. The van der Waals surface area contributed by atoms with E-state index in [1.165, 1.54) is 11.6 Å². The molecule has 0 fully saturated rings. The Hall–Kier alpha value is -2.09. The lowest BCUT2D eigenvalue weighted by Gasteiger charge is -2.32. The van der Waals surface area contributed by atoms with Crippen LogP contribution in [-0.2, 0) is 0 Å². The molecule has 1 nitrogen and oxygen atoms in total. The SMILES string of the molecule is CN1c2ccccc2C=CC1c1ccccc1F. The number of fused-ring (bicyclic) bond motifs is 1. The monoisotopic (exact) mass is 239 g/mol. The number of rotatable bonds is 1. The van der Waals surface area contributed by atoms with Gasteiger partial charge in [0.15, 0.2) is 0 Å². The number of nitrogens with zero attached hydrogens (tertiary/aromatic N) is 1. The summed E-state index contributed by atoms with van der Waals surface area (Å²) in [6, 6.07) is 15.1. The van der Waals surface area contributed by atoms with Crippen molar-refractivity contribution in [3.05, 3.63) is 71.6 Å². The summed E-state index contributed by atoms with van der Waals surface area (Å²) in [6.45, 7) is 0. The van der Waals surface area contributed by atoms with Gasteiger partial charge in [0.25, 0.3) is 0 Å². The number of anilines is 1. The van der Waals surface area contributed by atoms with Gasteiger partial charge in [-0.25, -0.2) is 4.39 Å². The standard InChI is InChI=1S/C16H14FN/c1-18-15-9-5-2-6-12(15)10-11-16(18)13-7-3-4-8-14(13)17/h2-11,16H,1H3. The van der Waals surface area contributed by atoms with E-state index in [2.05, 4.69) is 23.1 Å². The fourth-order valence-corrected chi connectivity index (χ4v) is 2.45. The molecule has 1 atom stereocenters. The van der Waals surface area contributed by atoms with Crippen LogP contribution in [0, 0.1) is 5.82 Å². The quantitative estimate of drug-likeness (QED) is 0.726. The molecule has 1 heterocycles. The molecule has 2 aromatic rings.